The maximum absolute atomic E-state index is 12.8. The van der Waals surface area contributed by atoms with Crippen LogP contribution in [0.25, 0.3) is 0 Å². The molecule has 1 atom stereocenters. The molecule has 24 heavy (non-hydrogen) atoms. The van der Waals surface area contributed by atoms with Crippen molar-refractivity contribution in [3.63, 3.8) is 0 Å². The molecule has 1 unspecified atom stereocenters. The Morgan fingerprint density at radius 1 is 1.17 bits per heavy atom. The van der Waals surface area contributed by atoms with E-state index in [1.807, 2.05) is 0 Å². The lowest BCUT2D eigenvalue weighted by molar-refractivity contribution is -0.145. The summed E-state index contributed by atoms with van der Waals surface area (Å²) in [4.78, 5) is 26.1. The SMILES string of the molecule is COC(=O)C(C)CN(Cc1ccco1)C(=O)c1ccc(OC)cc1. The normalized spacial score (nSPS) is 11.6. The number of carbonyl (C=O) groups is 2. The largest absolute Gasteiger partial charge is 0.497 e. The fraction of sp³-hybridized carbons (Fsp3) is 0.333. The van der Waals surface area contributed by atoms with Crippen LogP contribution in [-0.4, -0.2) is 37.5 Å². The summed E-state index contributed by atoms with van der Waals surface area (Å²) < 4.78 is 15.2. The third-order valence-corrected chi connectivity index (χ3v) is 3.65. The standard InChI is InChI=1S/C18H21NO5/c1-13(18(21)23-3)11-19(12-16-5-4-10-24-16)17(20)14-6-8-15(22-2)9-7-14/h4-10,13H,11-12H2,1-3H3. The predicted molar refractivity (Wildman–Crippen MR) is 87.6 cm³/mol. The minimum absolute atomic E-state index is 0.190. The van der Waals surface area contributed by atoms with E-state index in [2.05, 4.69) is 0 Å². The first-order valence-corrected chi connectivity index (χ1v) is 7.58. The third-order valence-electron chi connectivity index (χ3n) is 3.65. The summed E-state index contributed by atoms with van der Waals surface area (Å²) in [7, 11) is 2.90. The monoisotopic (exact) mass is 331 g/mol. The molecule has 0 saturated heterocycles. The summed E-state index contributed by atoms with van der Waals surface area (Å²) in [5.41, 5.74) is 0.513. The summed E-state index contributed by atoms with van der Waals surface area (Å²) in [5, 5.41) is 0. The number of furan rings is 1. The van der Waals surface area contributed by atoms with Crippen molar-refractivity contribution in [3.8, 4) is 5.75 Å². The van der Waals surface area contributed by atoms with Crippen molar-refractivity contribution >= 4 is 11.9 Å². The molecule has 2 aromatic rings. The van der Waals surface area contributed by atoms with E-state index in [1.165, 1.54) is 7.11 Å². The summed E-state index contributed by atoms with van der Waals surface area (Å²) in [6, 6.07) is 10.4. The second-order valence-electron chi connectivity index (χ2n) is 5.42. The zero-order chi connectivity index (χ0) is 17.5. The van der Waals surface area contributed by atoms with Gasteiger partial charge in [-0.15, -0.1) is 0 Å². The van der Waals surface area contributed by atoms with Crippen LogP contribution in [0.3, 0.4) is 0 Å². The van der Waals surface area contributed by atoms with Gasteiger partial charge in [0.2, 0.25) is 0 Å². The molecule has 0 radical (unpaired) electrons. The van der Waals surface area contributed by atoms with E-state index in [9.17, 15) is 9.59 Å². The van der Waals surface area contributed by atoms with Gasteiger partial charge in [-0.2, -0.15) is 0 Å². The minimum atomic E-state index is -0.438. The van der Waals surface area contributed by atoms with E-state index in [-0.39, 0.29) is 25.0 Å². The van der Waals surface area contributed by atoms with Crippen molar-refractivity contribution in [1.82, 2.24) is 4.90 Å². The molecule has 1 aromatic heterocycles. The van der Waals surface area contributed by atoms with Gasteiger partial charge in [0.15, 0.2) is 0 Å². The second kappa shape index (κ2) is 8.19. The zero-order valence-electron chi connectivity index (χ0n) is 14.0. The van der Waals surface area contributed by atoms with Crippen molar-refractivity contribution in [2.45, 2.75) is 13.5 Å². The van der Waals surface area contributed by atoms with Crippen LogP contribution in [0.2, 0.25) is 0 Å². The molecule has 2 rings (SSSR count). The number of hydrogen-bond donors (Lipinski definition) is 0. The van der Waals surface area contributed by atoms with E-state index < -0.39 is 5.92 Å². The highest BCUT2D eigenvalue weighted by Gasteiger charge is 2.23. The van der Waals surface area contributed by atoms with Gasteiger partial charge in [-0.05, 0) is 36.4 Å². The highest BCUT2D eigenvalue weighted by molar-refractivity contribution is 5.94. The molecule has 1 amide bonds. The van der Waals surface area contributed by atoms with Crippen LogP contribution in [0, 0.1) is 5.92 Å². The third kappa shape index (κ3) is 4.38. The van der Waals surface area contributed by atoms with Crippen LogP contribution in [0.1, 0.15) is 23.0 Å². The summed E-state index contributed by atoms with van der Waals surface area (Å²) in [6.07, 6.45) is 1.55. The van der Waals surface area contributed by atoms with Gasteiger partial charge in [-0.3, -0.25) is 9.59 Å². The van der Waals surface area contributed by atoms with E-state index in [1.54, 1.807) is 61.6 Å². The van der Waals surface area contributed by atoms with Gasteiger partial charge in [-0.1, -0.05) is 6.92 Å². The quantitative estimate of drug-likeness (QED) is 0.730. The number of rotatable bonds is 7. The van der Waals surface area contributed by atoms with Gasteiger partial charge in [0.05, 0.1) is 32.9 Å². The Hall–Kier alpha value is -2.76. The number of carbonyl (C=O) groups excluding carboxylic acids is 2. The molecule has 0 aliphatic carbocycles. The van der Waals surface area contributed by atoms with Crippen LogP contribution in [0.15, 0.2) is 47.1 Å². The Labute approximate surface area is 141 Å². The topological polar surface area (TPSA) is 69.0 Å². The molecule has 0 aliphatic heterocycles. The molecule has 0 N–H and O–H groups in total. The number of hydrogen-bond acceptors (Lipinski definition) is 5. The lowest BCUT2D eigenvalue weighted by Crippen LogP contribution is -2.36. The number of ether oxygens (including phenoxy) is 2. The maximum atomic E-state index is 12.8. The fourth-order valence-corrected chi connectivity index (χ4v) is 2.33. The van der Waals surface area contributed by atoms with Crippen LogP contribution < -0.4 is 4.74 Å². The first-order chi connectivity index (χ1) is 11.5. The average Bonchev–Trinajstić information content (AvgIpc) is 3.12. The van der Waals surface area contributed by atoms with Crippen molar-refractivity contribution in [3.05, 3.63) is 54.0 Å². The molecule has 0 spiro atoms. The smallest absolute Gasteiger partial charge is 0.310 e. The highest BCUT2D eigenvalue weighted by Crippen LogP contribution is 2.16. The molecule has 0 bridgehead atoms. The Kier molecular flexibility index (Phi) is 6.01. The number of nitrogens with zero attached hydrogens (tertiary/aromatic N) is 1. The number of methoxy groups -OCH3 is 2. The first-order valence-electron chi connectivity index (χ1n) is 7.58. The van der Waals surface area contributed by atoms with Crippen molar-refractivity contribution < 1.29 is 23.5 Å². The Morgan fingerprint density at radius 2 is 1.88 bits per heavy atom. The van der Waals surface area contributed by atoms with E-state index in [0.29, 0.717) is 17.1 Å². The van der Waals surface area contributed by atoms with Crippen molar-refractivity contribution in [2.75, 3.05) is 20.8 Å². The molecule has 128 valence electrons. The molecule has 1 heterocycles. The van der Waals surface area contributed by atoms with Crippen LogP contribution in [0.4, 0.5) is 0 Å². The van der Waals surface area contributed by atoms with Gasteiger partial charge in [0.25, 0.3) is 5.91 Å². The number of esters is 1. The fourth-order valence-electron chi connectivity index (χ4n) is 2.33. The average molecular weight is 331 g/mol. The maximum Gasteiger partial charge on any atom is 0.310 e. The lowest BCUT2D eigenvalue weighted by atomic mass is 10.1. The summed E-state index contributed by atoms with van der Waals surface area (Å²) in [6.45, 7) is 2.24. The highest BCUT2D eigenvalue weighted by atomic mass is 16.5. The summed E-state index contributed by atoms with van der Waals surface area (Å²) >= 11 is 0. The predicted octanol–water partition coefficient (Wildman–Crippen LogP) is 2.74. The molecule has 0 saturated carbocycles. The summed E-state index contributed by atoms with van der Waals surface area (Å²) in [5.74, 6) is 0.333. The number of amides is 1. The van der Waals surface area contributed by atoms with Gasteiger partial charge in [0.1, 0.15) is 11.5 Å². The Balaban J connectivity index is 2.19. The molecule has 0 aliphatic rings. The van der Waals surface area contributed by atoms with Crippen LogP contribution in [0.5, 0.6) is 5.75 Å². The van der Waals surface area contributed by atoms with Gasteiger partial charge in [0, 0.05) is 12.1 Å². The first kappa shape index (κ1) is 17.6. The molecule has 1 aromatic carbocycles. The van der Waals surface area contributed by atoms with E-state index >= 15 is 0 Å². The van der Waals surface area contributed by atoms with Gasteiger partial charge < -0.3 is 18.8 Å². The zero-order valence-corrected chi connectivity index (χ0v) is 14.0. The molecule has 0 fully saturated rings. The molecule has 6 heteroatoms. The minimum Gasteiger partial charge on any atom is -0.497 e. The van der Waals surface area contributed by atoms with E-state index in [4.69, 9.17) is 13.9 Å². The number of benzene rings is 1. The lowest BCUT2D eigenvalue weighted by Gasteiger charge is -2.24. The van der Waals surface area contributed by atoms with Crippen molar-refractivity contribution in [2.24, 2.45) is 5.92 Å². The Morgan fingerprint density at radius 3 is 2.42 bits per heavy atom. The van der Waals surface area contributed by atoms with Crippen LogP contribution >= 0.6 is 0 Å². The Bertz CT molecular complexity index is 663. The van der Waals surface area contributed by atoms with Crippen molar-refractivity contribution in [1.29, 1.82) is 0 Å². The second-order valence-corrected chi connectivity index (χ2v) is 5.42. The molecular formula is C18H21NO5. The van der Waals surface area contributed by atoms with E-state index in [0.717, 1.165) is 0 Å². The van der Waals surface area contributed by atoms with Gasteiger partial charge in [-0.25, -0.2) is 0 Å². The molecule has 6 nitrogen and oxygen atoms in total. The molecular weight excluding hydrogens is 310 g/mol. The van der Waals surface area contributed by atoms with Gasteiger partial charge >= 0.3 is 5.97 Å². The van der Waals surface area contributed by atoms with Crippen LogP contribution in [-0.2, 0) is 16.1 Å².